The lowest BCUT2D eigenvalue weighted by molar-refractivity contribution is -0.115. The van der Waals surface area contributed by atoms with E-state index < -0.39 is 5.92 Å². The van der Waals surface area contributed by atoms with Gasteiger partial charge in [0.1, 0.15) is 6.10 Å². The molecule has 0 amide bonds. The van der Waals surface area contributed by atoms with Gasteiger partial charge in [0.25, 0.3) is 0 Å². The molecule has 2 fully saturated rings. The van der Waals surface area contributed by atoms with Crippen molar-refractivity contribution in [1.82, 2.24) is 0 Å². The van der Waals surface area contributed by atoms with Crippen molar-refractivity contribution < 1.29 is 18.3 Å². The molecule has 3 aliphatic carbocycles. The van der Waals surface area contributed by atoms with Gasteiger partial charge in [-0.25, -0.2) is 0 Å². The number of halogens is 2. The first kappa shape index (κ1) is 20.9. The van der Waals surface area contributed by atoms with Gasteiger partial charge in [-0.1, -0.05) is 43.2 Å². The maximum absolute atomic E-state index is 14.0. The quantitative estimate of drug-likeness (QED) is 0.522. The molecule has 0 saturated heterocycles. The van der Waals surface area contributed by atoms with Crippen LogP contribution in [0.3, 0.4) is 0 Å². The normalized spacial score (nSPS) is 33.8. The standard InChI is InChI=1S/C27H32F2O2/c1-16-14-24(27(2,28)29)31-26(20-10-11-20)25(16)19-8-6-18(7-9-19)22-5-3-4-17-12-13-21(30)15-23(17)22/h6-9,14-17,20,22,25-26H,3-5,10-13H2,1-2H3. The second kappa shape index (κ2) is 7.86. The molecule has 1 aliphatic heterocycles. The van der Waals surface area contributed by atoms with Gasteiger partial charge in [0, 0.05) is 25.2 Å². The molecule has 0 radical (unpaired) electrons. The van der Waals surface area contributed by atoms with Crippen LogP contribution in [-0.2, 0) is 9.53 Å². The Morgan fingerprint density at radius 2 is 1.71 bits per heavy atom. The summed E-state index contributed by atoms with van der Waals surface area (Å²) >= 11 is 0. The van der Waals surface area contributed by atoms with Crippen molar-refractivity contribution in [2.45, 2.75) is 82.7 Å². The lowest BCUT2D eigenvalue weighted by atomic mass is 9.69. The Hall–Kier alpha value is -1.97. The van der Waals surface area contributed by atoms with Crippen molar-refractivity contribution >= 4 is 5.78 Å². The number of allylic oxidation sites excluding steroid dienone is 4. The van der Waals surface area contributed by atoms with Gasteiger partial charge in [0.15, 0.2) is 11.5 Å². The van der Waals surface area contributed by atoms with Gasteiger partial charge < -0.3 is 4.74 Å². The number of ether oxygens (including phenoxy) is 1. The number of carbonyl (C=O) groups excluding carboxylic acids is 1. The Morgan fingerprint density at radius 3 is 2.39 bits per heavy atom. The summed E-state index contributed by atoms with van der Waals surface area (Å²) < 4.78 is 33.8. The highest BCUT2D eigenvalue weighted by Gasteiger charge is 2.47. The predicted octanol–water partition coefficient (Wildman–Crippen LogP) is 6.93. The van der Waals surface area contributed by atoms with E-state index in [2.05, 4.69) is 24.3 Å². The fourth-order valence-corrected chi connectivity index (χ4v) is 6.06. The SMILES string of the molecule is CC1C=C(C(C)(F)F)OC(C2CC2)C1c1ccc(C2CCCC3CCC(=O)C=C32)cc1. The lowest BCUT2D eigenvalue weighted by Crippen LogP contribution is -2.36. The first-order valence-corrected chi connectivity index (χ1v) is 11.9. The Labute approximate surface area is 183 Å². The molecule has 5 atom stereocenters. The van der Waals surface area contributed by atoms with Gasteiger partial charge in [-0.05, 0) is 73.1 Å². The number of alkyl halides is 2. The van der Waals surface area contributed by atoms with E-state index in [1.54, 1.807) is 6.08 Å². The van der Waals surface area contributed by atoms with E-state index in [-0.39, 0.29) is 29.5 Å². The molecule has 0 bridgehead atoms. The molecule has 31 heavy (non-hydrogen) atoms. The monoisotopic (exact) mass is 426 g/mol. The van der Waals surface area contributed by atoms with Crippen molar-refractivity contribution in [1.29, 1.82) is 0 Å². The van der Waals surface area contributed by atoms with Crippen molar-refractivity contribution in [3.63, 3.8) is 0 Å². The molecule has 1 aromatic carbocycles. The summed E-state index contributed by atoms with van der Waals surface area (Å²) in [6, 6.07) is 8.75. The van der Waals surface area contributed by atoms with E-state index in [0.29, 0.717) is 24.2 Å². The number of hydrogen-bond acceptors (Lipinski definition) is 2. The molecular weight excluding hydrogens is 394 g/mol. The zero-order chi connectivity index (χ0) is 21.8. The minimum absolute atomic E-state index is 0.00348. The van der Waals surface area contributed by atoms with Crippen LogP contribution in [0.5, 0.6) is 0 Å². The average Bonchev–Trinajstić information content (AvgIpc) is 3.58. The average molecular weight is 427 g/mol. The predicted molar refractivity (Wildman–Crippen MR) is 117 cm³/mol. The highest BCUT2D eigenvalue weighted by atomic mass is 19.3. The van der Waals surface area contributed by atoms with Crippen LogP contribution in [-0.4, -0.2) is 17.8 Å². The van der Waals surface area contributed by atoms with Gasteiger partial charge >= 0.3 is 5.92 Å². The Kier molecular flexibility index (Phi) is 5.30. The number of hydrogen-bond donors (Lipinski definition) is 0. The molecule has 166 valence electrons. The van der Waals surface area contributed by atoms with Crippen LogP contribution in [0.4, 0.5) is 8.78 Å². The summed E-state index contributed by atoms with van der Waals surface area (Å²) in [5.74, 6) is -1.46. The maximum atomic E-state index is 14.0. The molecule has 5 rings (SSSR count). The van der Waals surface area contributed by atoms with Crippen LogP contribution in [0.15, 0.2) is 47.7 Å². The van der Waals surface area contributed by atoms with Crippen LogP contribution in [0, 0.1) is 17.8 Å². The topological polar surface area (TPSA) is 26.3 Å². The zero-order valence-corrected chi connectivity index (χ0v) is 18.5. The highest BCUT2D eigenvalue weighted by Crippen LogP contribution is 2.50. The molecule has 4 heteroatoms. The largest absolute Gasteiger partial charge is 0.488 e. The third-order valence-corrected chi connectivity index (χ3v) is 7.83. The molecule has 5 unspecified atom stereocenters. The smallest absolute Gasteiger partial charge is 0.301 e. The summed E-state index contributed by atoms with van der Waals surface area (Å²) in [5.41, 5.74) is 3.78. The number of ketones is 1. The van der Waals surface area contributed by atoms with E-state index in [9.17, 15) is 13.6 Å². The second-order valence-corrected chi connectivity index (χ2v) is 10.2. The second-order valence-electron chi connectivity index (χ2n) is 10.2. The minimum atomic E-state index is -2.93. The maximum Gasteiger partial charge on any atom is 0.301 e. The molecule has 2 saturated carbocycles. The van der Waals surface area contributed by atoms with Crippen molar-refractivity contribution in [3.05, 3.63) is 58.9 Å². The molecule has 0 spiro atoms. The van der Waals surface area contributed by atoms with E-state index in [0.717, 1.165) is 32.6 Å². The highest BCUT2D eigenvalue weighted by molar-refractivity contribution is 5.91. The Bertz CT molecular complexity index is 904. The van der Waals surface area contributed by atoms with Crippen LogP contribution in [0.2, 0.25) is 0 Å². The third kappa shape index (κ3) is 4.10. The van der Waals surface area contributed by atoms with Gasteiger partial charge in [-0.2, -0.15) is 8.78 Å². The molecule has 1 aromatic rings. The fraction of sp³-hybridized carbons (Fsp3) is 0.593. The van der Waals surface area contributed by atoms with E-state index in [1.807, 2.05) is 13.0 Å². The Morgan fingerprint density at radius 1 is 1.00 bits per heavy atom. The molecule has 2 nitrogen and oxygen atoms in total. The number of carbonyl (C=O) groups is 1. The molecular formula is C27H32F2O2. The van der Waals surface area contributed by atoms with Crippen LogP contribution < -0.4 is 0 Å². The molecule has 0 N–H and O–H groups in total. The first-order valence-electron chi connectivity index (χ1n) is 11.9. The summed E-state index contributed by atoms with van der Waals surface area (Å²) in [6.07, 6.45) is 10.7. The molecule has 1 heterocycles. The van der Waals surface area contributed by atoms with Crippen LogP contribution in [0.1, 0.15) is 81.8 Å². The Balaban J connectivity index is 1.42. The van der Waals surface area contributed by atoms with Gasteiger partial charge in [0.05, 0.1) is 0 Å². The van der Waals surface area contributed by atoms with E-state index in [4.69, 9.17) is 4.74 Å². The first-order chi connectivity index (χ1) is 14.8. The number of benzene rings is 1. The fourth-order valence-electron chi connectivity index (χ4n) is 6.06. The summed E-state index contributed by atoms with van der Waals surface area (Å²) in [4.78, 5) is 12.0. The lowest BCUT2D eigenvalue weighted by Gasteiger charge is -2.38. The van der Waals surface area contributed by atoms with Crippen molar-refractivity contribution in [3.8, 4) is 0 Å². The molecule has 4 aliphatic rings. The van der Waals surface area contributed by atoms with Crippen molar-refractivity contribution in [2.24, 2.45) is 17.8 Å². The van der Waals surface area contributed by atoms with Crippen molar-refractivity contribution in [2.75, 3.05) is 0 Å². The minimum Gasteiger partial charge on any atom is -0.488 e. The number of fused-ring (bicyclic) bond motifs is 1. The van der Waals surface area contributed by atoms with E-state index in [1.165, 1.54) is 29.5 Å². The van der Waals surface area contributed by atoms with Gasteiger partial charge in [-0.15, -0.1) is 0 Å². The van der Waals surface area contributed by atoms with Crippen LogP contribution >= 0.6 is 0 Å². The summed E-state index contributed by atoms with van der Waals surface area (Å²) in [6.45, 7) is 2.96. The summed E-state index contributed by atoms with van der Waals surface area (Å²) in [5, 5.41) is 0. The third-order valence-electron chi connectivity index (χ3n) is 7.83. The summed E-state index contributed by atoms with van der Waals surface area (Å²) in [7, 11) is 0. The van der Waals surface area contributed by atoms with Gasteiger partial charge in [0.2, 0.25) is 0 Å². The zero-order valence-electron chi connectivity index (χ0n) is 18.5. The number of rotatable bonds is 4. The van der Waals surface area contributed by atoms with E-state index >= 15 is 0 Å². The van der Waals surface area contributed by atoms with Crippen LogP contribution in [0.25, 0.3) is 0 Å². The van der Waals surface area contributed by atoms with Gasteiger partial charge in [-0.3, -0.25) is 4.79 Å². The molecule has 0 aromatic heterocycles.